The Morgan fingerprint density at radius 3 is 2.59 bits per heavy atom. The van der Waals surface area contributed by atoms with Crippen LogP contribution >= 0.6 is 11.6 Å². The Kier molecular flexibility index (Phi) is 5.19. The normalized spacial score (nSPS) is 18.2. The van der Waals surface area contributed by atoms with Crippen molar-refractivity contribution in [2.45, 2.75) is 36.9 Å². The van der Waals surface area contributed by atoms with Crippen LogP contribution in [-0.4, -0.2) is 44.2 Å². The highest BCUT2D eigenvalue weighted by atomic mass is 35.5. The zero-order chi connectivity index (χ0) is 20.8. The fraction of sp³-hybridized carbons (Fsp3) is 0.381. The number of anilines is 1. The lowest BCUT2D eigenvalue weighted by atomic mass is 9.98. The van der Waals surface area contributed by atoms with Crippen LogP contribution in [0.1, 0.15) is 23.6 Å². The number of fused-ring (bicyclic) bond motifs is 1. The minimum absolute atomic E-state index is 0.0821. The number of hydrogen-bond acceptors (Lipinski definition) is 5. The van der Waals surface area contributed by atoms with E-state index in [1.54, 1.807) is 18.2 Å². The fourth-order valence-electron chi connectivity index (χ4n) is 3.86. The predicted octanol–water partition coefficient (Wildman–Crippen LogP) is 3.03. The number of ether oxygens (including phenoxy) is 1. The van der Waals surface area contributed by atoms with E-state index in [1.807, 2.05) is 18.2 Å². The summed E-state index contributed by atoms with van der Waals surface area (Å²) in [4.78, 5) is 15.0. The molecule has 2 aromatic carbocycles. The molecule has 2 aromatic rings. The van der Waals surface area contributed by atoms with Crippen LogP contribution in [0.25, 0.3) is 0 Å². The highest BCUT2D eigenvalue weighted by molar-refractivity contribution is 7.90. The fourth-order valence-corrected chi connectivity index (χ4v) is 5.05. The molecule has 0 aromatic heterocycles. The summed E-state index contributed by atoms with van der Waals surface area (Å²) in [5, 5.41) is 3.36. The van der Waals surface area contributed by atoms with E-state index < -0.39 is 9.84 Å². The molecule has 0 aliphatic carbocycles. The van der Waals surface area contributed by atoms with E-state index in [0.717, 1.165) is 16.7 Å². The average molecular weight is 435 g/mol. The molecule has 154 valence electrons. The van der Waals surface area contributed by atoms with Crippen molar-refractivity contribution in [3.8, 4) is 0 Å². The van der Waals surface area contributed by atoms with E-state index in [2.05, 4.69) is 17.1 Å². The summed E-state index contributed by atoms with van der Waals surface area (Å²) in [5.41, 5.74) is 2.86. The lowest BCUT2D eigenvalue weighted by molar-refractivity contribution is -0.133. The molecule has 1 N–H and O–H groups in total. The quantitative estimate of drug-likeness (QED) is 0.782. The van der Waals surface area contributed by atoms with Crippen LogP contribution in [0, 0.1) is 0 Å². The van der Waals surface area contributed by atoms with Gasteiger partial charge in [-0.05, 0) is 41.8 Å². The SMILES string of the molecule is CC1(N2Cc3cc(NC(=O)Cc4ccccc4Cl)cc(S(C)(=O)=O)c3C2)COC1. The zero-order valence-corrected chi connectivity index (χ0v) is 17.9. The number of sulfone groups is 1. The first kappa shape index (κ1) is 20.3. The molecule has 0 atom stereocenters. The maximum absolute atomic E-state index is 12.5. The Labute approximate surface area is 175 Å². The number of amides is 1. The summed E-state index contributed by atoms with van der Waals surface area (Å²) in [6.45, 7) is 4.58. The van der Waals surface area contributed by atoms with E-state index >= 15 is 0 Å². The Hall–Kier alpha value is -1.93. The lowest BCUT2D eigenvalue weighted by Gasteiger charge is -2.45. The van der Waals surface area contributed by atoms with Gasteiger partial charge in [0.2, 0.25) is 5.91 Å². The number of nitrogens with one attached hydrogen (secondary N) is 1. The van der Waals surface area contributed by atoms with Crippen molar-refractivity contribution in [1.82, 2.24) is 4.90 Å². The van der Waals surface area contributed by atoms with Gasteiger partial charge in [0, 0.05) is 30.1 Å². The van der Waals surface area contributed by atoms with Gasteiger partial charge >= 0.3 is 0 Å². The molecule has 2 aliphatic heterocycles. The molecular formula is C21H23ClN2O4S. The summed E-state index contributed by atoms with van der Waals surface area (Å²) >= 11 is 6.14. The molecule has 1 fully saturated rings. The maximum Gasteiger partial charge on any atom is 0.228 e. The Morgan fingerprint density at radius 1 is 1.24 bits per heavy atom. The van der Waals surface area contributed by atoms with E-state index in [4.69, 9.17) is 16.3 Å². The molecule has 0 radical (unpaired) electrons. The molecule has 0 saturated carbocycles. The minimum Gasteiger partial charge on any atom is -0.377 e. The number of hydrogen-bond donors (Lipinski definition) is 1. The summed E-state index contributed by atoms with van der Waals surface area (Å²) < 4.78 is 30.2. The van der Waals surface area contributed by atoms with Crippen LogP contribution in [0.2, 0.25) is 5.02 Å². The summed E-state index contributed by atoms with van der Waals surface area (Å²) in [6, 6.07) is 10.6. The molecule has 4 rings (SSSR count). The van der Waals surface area contributed by atoms with Crippen molar-refractivity contribution in [2.75, 3.05) is 24.8 Å². The molecular weight excluding hydrogens is 412 g/mol. The van der Waals surface area contributed by atoms with Crippen LogP contribution in [0.3, 0.4) is 0 Å². The van der Waals surface area contributed by atoms with Crippen molar-refractivity contribution in [1.29, 1.82) is 0 Å². The topological polar surface area (TPSA) is 75.7 Å². The first-order valence-electron chi connectivity index (χ1n) is 9.38. The van der Waals surface area contributed by atoms with Gasteiger partial charge in [-0.15, -0.1) is 0 Å². The van der Waals surface area contributed by atoms with Gasteiger partial charge in [0.25, 0.3) is 0 Å². The molecule has 0 bridgehead atoms. The van der Waals surface area contributed by atoms with Crippen LogP contribution in [0.5, 0.6) is 0 Å². The zero-order valence-electron chi connectivity index (χ0n) is 16.4. The number of benzene rings is 2. The van der Waals surface area contributed by atoms with Gasteiger partial charge in [-0.3, -0.25) is 9.69 Å². The van der Waals surface area contributed by atoms with E-state index in [0.29, 0.717) is 37.0 Å². The van der Waals surface area contributed by atoms with Gasteiger partial charge in [0.05, 0.1) is 30.1 Å². The maximum atomic E-state index is 12.5. The number of halogens is 1. The van der Waals surface area contributed by atoms with Crippen molar-refractivity contribution < 1.29 is 17.9 Å². The van der Waals surface area contributed by atoms with Gasteiger partial charge in [-0.2, -0.15) is 0 Å². The third-order valence-corrected chi connectivity index (χ3v) is 7.13. The number of carbonyl (C=O) groups excluding carboxylic acids is 1. The van der Waals surface area contributed by atoms with E-state index in [-0.39, 0.29) is 22.8 Å². The molecule has 1 saturated heterocycles. The van der Waals surface area contributed by atoms with Crippen LogP contribution in [-0.2, 0) is 38.9 Å². The van der Waals surface area contributed by atoms with Gasteiger partial charge in [-0.25, -0.2) is 8.42 Å². The van der Waals surface area contributed by atoms with E-state index in [9.17, 15) is 13.2 Å². The second-order valence-electron chi connectivity index (χ2n) is 8.05. The molecule has 8 heteroatoms. The average Bonchev–Trinajstić information content (AvgIpc) is 3.04. The number of rotatable bonds is 5. The lowest BCUT2D eigenvalue weighted by Crippen LogP contribution is -2.58. The van der Waals surface area contributed by atoms with Gasteiger partial charge in [-0.1, -0.05) is 29.8 Å². The smallest absolute Gasteiger partial charge is 0.228 e. The minimum atomic E-state index is -3.44. The number of nitrogens with zero attached hydrogens (tertiary/aromatic N) is 1. The summed E-state index contributed by atoms with van der Waals surface area (Å²) in [6.07, 6.45) is 1.32. The monoisotopic (exact) mass is 434 g/mol. The molecule has 2 heterocycles. The molecule has 0 spiro atoms. The van der Waals surface area contributed by atoms with Crippen molar-refractivity contribution in [3.63, 3.8) is 0 Å². The second-order valence-corrected chi connectivity index (χ2v) is 10.4. The molecule has 1 amide bonds. The highest BCUT2D eigenvalue weighted by Gasteiger charge is 2.43. The predicted molar refractivity (Wildman–Crippen MR) is 112 cm³/mol. The molecule has 0 unspecified atom stereocenters. The van der Waals surface area contributed by atoms with Gasteiger partial charge in [0.1, 0.15) is 0 Å². The highest BCUT2D eigenvalue weighted by Crippen LogP contribution is 2.38. The van der Waals surface area contributed by atoms with Crippen molar-refractivity contribution in [2.24, 2.45) is 0 Å². The molecule has 29 heavy (non-hydrogen) atoms. The third-order valence-electron chi connectivity index (χ3n) is 5.59. The summed E-state index contributed by atoms with van der Waals surface area (Å²) in [5.74, 6) is -0.244. The molecule has 6 nitrogen and oxygen atoms in total. The Balaban J connectivity index is 1.60. The van der Waals surface area contributed by atoms with Crippen LogP contribution < -0.4 is 5.32 Å². The Morgan fingerprint density at radius 2 is 1.97 bits per heavy atom. The first-order valence-corrected chi connectivity index (χ1v) is 11.6. The standard InChI is InChI=1S/C21H23ClN2O4S/c1-21(12-28-13-21)24-10-15-7-16(9-19(17(15)11-24)29(2,26)27)23-20(25)8-14-5-3-4-6-18(14)22/h3-7,9H,8,10-13H2,1-2H3,(H,23,25). The first-order chi connectivity index (χ1) is 13.7. The second kappa shape index (κ2) is 7.40. The summed E-state index contributed by atoms with van der Waals surface area (Å²) in [7, 11) is -3.44. The molecule has 2 aliphatic rings. The van der Waals surface area contributed by atoms with Crippen molar-refractivity contribution in [3.05, 3.63) is 58.1 Å². The van der Waals surface area contributed by atoms with Crippen molar-refractivity contribution >= 4 is 33.0 Å². The Bertz CT molecular complexity index is 1080. The number of carbonyl (C=O) groups is 1. The van der Waals surface area contributed by atoms with Gasteiger partial charge in [0.15, 0.2) is 9.84 Å². The largest absolute Gasteiger partial charge is 0.377 e. The van der Waals surface area contributed by atoms with Crippen LogP contribution in [0.15, 0.2) is 41.3 Å². The van der Waals surface area contributed by atoms with Gasteiger partial charge < -0.3 is 10.1 Å². The van der Waals surface area contributed by atoms with Crippen LogP contribution in [0.4, 0.5) is 5.69 Å². The third kappa shape index (κ3) is 4.05. The van der Waals surface area contributed by atoms with E-state index in [1.165, 1.54) is 6.26 Å².